The van der Waals surface area contributed by atoms with Gasteiger partial charge in [0.25, 0.3) is 6.47 Å². The molecule has 1 unspecified atom stereocenters. The monoisotopic (exact) mass is 382 g/mol. The van der Waals surface area contributed by atoms with Crippen LogP contribution in [0.25, 0.3) is 0 Å². The molecule has 0 spiro atoms. The highest BCUT2D eigenvalue weighted by molar-refractivity contribution is 5.75. The molecule has 0 bridgehead atoms. The number of esters is 1. The minimum Gasteiger partial charge on any atom is -0.483 e. The highest BCUT2D eigenvalue weighted by Gasteiger charge is 2.39. The van der Waals surface area contributed by atoms with Crippen LogP contribution in [0.2, 0.25) is 0 Å². The summed E-state index contributed by atoms with van der Waals surface area (Å²) < 4.78 is 5.71. The van der Waals surface area contributed by atoms with Gasteiger partial charge >= 0.3 is 5.97 Å². The maximum absolute atomic E-state index is 12.3. The summed E-state index contributed by atoms with van der Waals surface area (Å²) in [6, 6.07) is 22.4. The summed E-state index contributed by atoms with van der Waals surface area (Å²) in [4.78, 5) is 20.6. The summed E-state index contributed by atoms with van der Waals surface area (Å²) in [5, 5.41) is 6.89. The Morgan fingerprint density at radius 2 is 1.32 bits per heavy atom. The van der Waals surface area contributed by atoms with Crippen molar-refractivity contribution in [2.45, 2.75) is 57.0 Å². The van der Waals surface area contributed by atoms with E-state index in [9.17, 15) is 4.79 Å². The molecule has 0 heterocycles. The zero-order chi connectivity index (χ0) is 20.0. The van der Waals surface area contributed by atoms with Gasteiger partial charge in [0.2, 0.25) is 0 Å². The fourth-order valence-corrected chi connectivity index (χ4v) is 3.70. The molecular formula is C24H30O4. The molecule has 4 rings (SSSR count). The van der Waals surface area contributed by atoms with Crippen LogP contribution in [0, 0.1) is 5.92 Å². The molecule has 0 radical (unpaired) electrons. The van der Waals surface area contributed by atoms with Gasteiger partial charge in [0.1, 0.15) is 6.10 Å². The van der Waals surface area contributed by atoms with Crippen molar-refractivity contribution in [2.24, 2.45) is 5.92 Å². The summed E-state index contributed by atoms with van der Waals surface area (Å²) in [5.74, 6) is 0.536. The van der Waals surface area contributed by atoms with E-state index in [0.29, 0.717) is 5.92 Å². The van der Waals surface area contributed by atoms with Gasteiger partial charge in [0.15, 0.2) is 0 Å². The van der Waals surface area contributed by atoms with E-state index in [1.54, 1.807) is 0 Å². The summed E-state index contributed by atoms with van der Waals surface area (Å²) in [6.07, 6.45) is 8.15. The van der Waals surface area contributed by atoms with Gasteiger partial charge in [0.05, 0.1) is 5.92 Å². The Labute approximate surface area is 167 Å². The van der Waals surface area contributed by atoms with E-state index in [4.69, 9.17) is 14.6 Å². The first-order chi connectivity index (χ1) is 13.8. The fourth-order valence-electron chi connectivity index (χ4n) is 3.70. The number of hydrogen-bond acceptors (Lipinski definition) is 3. The van der Waals surface area contributed by atoms with Crippen LogP contribution in [0.4, 0.5) is 0 Å². The van der Waals surface area contributed by atoms with E-state index in [-0.39, 0.29) is 24.5 Å². The maximum Gasteiger partial charge on any atom is 0.309 e. The van der Waals surface area contributed by atoms with Crippen LogP contribution in [0.1, 0.15) is 56.4 Å². The Kier molecular flexibility index (Phi) is 9.84. The molecule has 150 valence electrons. The van der Waals surface area contributed by atoms with Crippen molar-refractivity contribution in [3.8, 4) is 0 Å². The van der Waals surface area contributed by atoms with Gasteiger partial charge in [-0.15, -0.1) is 0 Å². The molecular weight excluding hydrogens is 352 g/mol. The molecule has 2 aliphatic rings. The lowest BCUT2D eigenvalue weighted by molar-refractivity contribution is -0.159. The SMILES string of the molecule is O=C(OC1CCCCC1)[C@H]1CCC1c1ccccc1.O=CO.c1ccccc1. The first-order valence-electron chi connectivity index (χ1n) is 10.1. The van der Waals surface area contributed by atoms with Gasteiger partial charge in [-0.1, -0.05) is 73.2 Å². The predicted molar refractivity (Wildman–Crippen MR) is 110 cm³/mol. The first kappa shape index (κ1) is 21.7. The maximum atomic E-state index is 12.3. The Morgan fingerprint density at radius 1 is 0.821 bits per heavy atom. The molecule has 4 heteroatoms. The number of ether oxygens (including phenoxy) is 1. The molecule has 2 saturated carbocycles. The molecule has 0 aliphatic heterocycles. The van der Waals surface area contributed by atoms with E-state index in [0.717, 1.165) is 25.7 Å². The van der Waals surface area contributed by atoms with Crippen molar-refractivity contribution in [1.82, 2.24) is 0 Å². The largest absolute Gasteiger partial charge is 0.483 e. The Hall–Kier alpha value is -2.62. The molecule has 2 atom stereocenters. The second kappa shape index (κ2) is 12.7. The number of benzene rings is 2. The number of hydrogen-bond donors (Lipinski definition) is 1. The summed E-state index contributed by atoms with van der Waals surface area (Å²) in [5.41, 5.74) is 1.29. The fraction of sp³-hybridized carbons (Fsp3) is 0.417. The molecule has 28 heavy (non-hydrogen) atoms. The van der Waals surface area contributed by atoms with Crippen molar-refractivity contribution in [1.29, 1.82) is 0 Å². The normalized spacial score (nSPS) is 20.9. The van der Waals surface area contributed by atoms with E-state index in [1.165, 1.54) is 24.8 Å². The lowest BCUT2D eigenvalue weighted by atomic mass is 9.70. The third-order valence-corrected chi connectivity index (χ3v) is 5.31. The van der Waals surface area contributed by atoms with Gasteiger partial charge in [0, 0.05) is 0 Å². The number of rotatable bonds is 3. The second-order valence-electron chi connectivity index (χ2n) is 7.16. The van der Waals surface area contributed by atoms with Gasteiger partial charge in [-0.2, -0.15) is 0 Å². The average Bonchev–Trinajstić information content (AvgIpc) is 2.71. The molecule has 0 amide bonds. The quantitative estimate of drug-likeness (QED) is 0.567. The van der Waals surface area contributed by atoms with E-state index in [1.807, 2.05) is 42.5 Å². The summed E-state index contributed by atoms with van der Waals surface area (Å²) in [7, 11) is 0. The lowest BCUT2D eigenvalue weighted by Crippen LogP contribution is -2.35. The zero-order valence-corrected chi connectivity index (χ0v) is 16.3. The molecule has 1 N–H and O–H groups in total. The van der Waals surface area contributed by atoms with Crippen molar-refractivity contribution < 1.29 is 19.4 Å². The third kappa shape index (κ3) is 7.18. The van der Waals surface area contributed by atoms with Crippen LogP contribution in [0.3, 0.4) is 0 Å². The Morgan fingerprint density at radius 3 is 1.79 bits per heavy atom. The smallest absolute Gasteiger partial charge is 0.309 e. The summed E-state index contributed by atoms with van der Waals surface area (Å²) in [6.45, 7) is -0.250. The van der Waals surface area contributed by atoms with E-state index in [2.05, 4.69) is 24.3 Å². The predicted octanol–water partition coefficient (Wildman–Crippen LogP) is 5.44. The average molecular weight is 383 g/mol. The first-order valence-corrected chi connectivity index (χ1v) is 10.1. The highest BCUT2D eigenvalue weighted by atomic mass is 16.5. The Balaban J connectivity index is 0.000000260. The molecule has 2 aliphatic carbocycles. The third-order valence-electron chi connectivity index (χ3n) is 5.31. The van der Waals surface area contributed by atoms with E-state index >= 15 is 0 Å². The number of carbonyl (C=O) groups excluding carboxylic acids is 1. The minimum absolute atomic E-state index is 0.0482. The van der Waals surface area contributed by atoms with Crippen molar-refractivity contribution in [3.05, 3.63) is 72.3 Å². The molecule has 2 aromatic carbocycles. The van der Waals surface area contributed by atoms with Crippen LogP contribution in [-0.4, -0.2) is 23.7 Å². The van der Waals surface area contributed by atoms with Crippen molar-refractivity contribution in [3.63, 3.8) is 0 Å². The number of carbonyl (C=O) groups is 2. The molecule has 0 aromatic heterocycles. The second-order valence-corrected chi connectivity index (χ2v) is 7.16. The van der Waals surface area contributed by atoms with Gasteiger partial charge in [-0.3, -0.25) is 9.59 Å². The molecule has 2 fully saturated rings. The molecule has 4 nitrogen and oxygen atoms in total. The molecule has 2 aromatic rings. The standard InChI is InChI=1S/C17H22O2.C6H6.CH2O2/c18-17(19-14-9-5-2-6-10-14)16-12-11-15(16)13-7-3-1-4-8-13;1-2-4-6-5-3-1;2-1-3/h1,3-4,7-8,14-16H,2,5-6,9-12H2;1-6H;1H,(H,2,3)/t15?,16-;;/m0../s1. The molecule has 0 saturated heterocycles. The Bertz CT molecular complexity index is 639. The van der Waals surface area contributed by atoms with Crippen LogP contribution in [0.5, 0.6) is 0 Å². The van der Waals surface area contributed by atoms with Crippen LogP contribution in [0.15, 0.2) is 66.7 Å². The van der Waals surface area contributed by atoms with Crippen LogP contribution in [-0.2, 0) is 14.3 Å². The van der Waals surface area contributed by atoms with Crippen LogP contribution < -0.4 is 0 Å². The van der Waals surface area contributed by atoms with E-state index < -0.39 is 0 Å². The topological polar surface area (TPSA) is 63.6 Å². The summed E-state index contributed by atoms with van der Waals surface area (Å²) >= 11 is 0. The van der Waals surface area contributed by atoms with Gasteiger partial charge in [-0.25, -0.2) is 0 Å². The van der Waals surface area contributed by atoms with Crippen LogP contribution >= 0.6 is 0 Å². The lowest BCUT2D eigenvalue weighted by Gasteiger charge is -2.36. The zero-order valence-electron chi connectivity index (χ0n) is 16.3. The highest BCUT2D eigenvalue weighted by Crippen LogP contribution is 2.43. The minimum atomic E-state index is -0.250. The number of carboxylic acid groups (broad SMARTS) is 1. The van der Waals surface area contributed by atoms with Crippen molar-refractivity contribution in [2.75, 3.05) is 0 Å². The van der Waals surface area contributed by atoms with Gasteiger partial charge in [-0.05, 0) is 50.0 Å². The van der Waals surface area contributed by atoms with Gasteiger partial charge < -0.3 is 9.84 Å². The van der Waals surface area contributed by atoms with Crippen molar-refractivity contribution >= 4 is 12.4 Å².